The Labute approximate surface area is 174 Å². The minimum absolute atomic E-state index is 0. The third-order valence-electron chi connectivity index (χ3n) is 3.91. The van der Waals surface area contributed by atoms with Crippen LogP contribution in [0.25, 0.3) is 16.9 Å². The maximum absolute atomic E-state index is 12.7. The number of halogens is 3. The molecule has 0 saturated heterocycles. The predicted molar refractivity (Wildman–Crippen MR) is 89.1 cm³/mol. The Morgan fingerprint density at radius 2 is 1.65 bits per heavy atom. The molecule has 0 amide bonds. The summed E-state index contributed by atoms with van der Waals surface area (Å²) < 4.78 is 39.5. The standard InChI is InChI=1S/C17H17F3N5.Y/c1-9-5-10(2)13(11(3)6-9)14-12(4)24-16-22-8-23-25(16)15(14)21-7-17(18,19)20;/h5-8,21H,1-4H3;/q-1;. The Kier molecular flexibility index (Phi) is 6.07. The average Bonchev–Trinajstić information content (AvgIpc) is 2.92. The van der Waals surface area contributed by atoms with E-state index in [0.29, 0.717) is 11.3 Å². The molecular weight excluding hydrogens is 420 g/mol. The van der Waals surface area contributed by atoms with Crippen molar-refractivity contribution in [3.63, 3.8) is 0 Å². The van der Waals surface area contributed by atoms with Gasteiger partial charge in [-0.15, -0.1) is 6.54 Å². The van der Waals surface area contributed by atoms with E-state index in [1.165, 1.54) is 10.8 Å². The zero-order valence-corrected chi connectivity index (χ0v) is 17.6. The minimum atomic E-state index is -4.47. The second-order valence-electron chi connectivity index (χ2n) is 6.00. The first-order valence-corrected chi connectivity index (χ1v) is 7.63. The number of rotatable bonds is 3. The van der Waals surface area contributed by atoms with Gasteiger partial charge in [0.1, 0.15) is 12.1 Å². The predicted octanol–water partition coefficient (Wildman–Crippen LogP) is 4.16. The van der Waals surface area contributed by atoms with E-state index in [0.717, 1.165) is 22.3 Å². The van der Waals surface area contributed by atoms with Crippen LogP contribution in [0.3, 0.4) is 0 Å². The van der Waals surface area contributed by atoms with Crippen molar-refractivity contribution < 1.29 is 45.9 Å². The molecule has 0 fully saturated rings. The Balaban J connectivity index is 0.00000243. The number of aromatic nitrogens is 4. The van der Waals surface area contributed by atoms with E-state index in [4.69, 9.17) is 0 Å². The van der Waals surface area contributed by atoms with Crippen LogP contribution in [0.2, 0.25) is 0 Å². The molecule has 0 atom stereocenters. The van der Waals surface area contributed by atoms with Crippen LogP contribution in [-0.2, 0) is 32.7 Å². The van der Waals surface area contributed by atoms with Crippen molar-refractivity contribution in [3.8, 4) is 11.1 Å². The number of nitrogens with zero attached hydrogens (tertiary/aromatic N) is 4. The van der Waals surface area contributed by atoms with Crippen LogP contribution in [0, 0.1) is 34.2 Å². The number of hydrogen-bond acceptors (Lipinski definition) is 4. The van der Waals surface area contributed by atoms with Crippen LogP contribution >= 0.6 is 0 Å². The number of hydrogen-bond donors (Lipinski definition) is 1. The molecule has 26 heavy (non-hydrogen) atoms. The van der Waals surface area contributed by atoms with Gasteiger partial charge < -0.3 is 5.32 Å². The second kappa shape index (κ2) is 7.60. The molecule has 9 heteroatoms. The molecule has 0 unspecified atom stereocenters. The van der Waals surface area contributed by atoms with E-state index in [2.05, 4.69) is 20.4 Å². The van der Waals surface area contributed by atoms with Gasteiger partial charge in [0.15, 0.2) is 0 Å². The van der Waals surface area contributed by atoms with Crippen LogP contribution in [0.15, 0.2) is 18.5 Å². The summed E-state index contributed by atoms with van der Waals surface area (Å²) in [5.74, 6) is 0.425. The van der Waals surface area contributed by atoms with E-state index in [-0.39, 0.29) is 50.8 Å². The molecule has 0 aliphatic heterocycles. The molecule has 3 rings (SSSR count). The van der Waals surface area contributed by atoms with Crippen LogP contribution in [0.1, 0.15) is 22.4 Å². The SMILES string of the molecule is Cc1cc(C)c(-c2c(C)nc3ncnn3c2N[CH-]C(F)(F)F)c(C)c1.[Y]. The van der Waals surface area contributed by atoms with Crippen molar-refractivity contribution in [2.45, 2.75) is 33.9 Å². The van der Waals surface area contributed by atoms with Crippen LogP contribution in [-0.4, -0.2) is 25.8 Å². The molecule has 1 N–H and O–H groups in total. The number of nitrogens with one attached hydrogen (secondary N) is 1. The van der Waals surface area contributed by atoms with E-state index in [1.54, 1.807) is 6.92 Å². The smallest absolute Gasteiger partial charge is 0.286 e. The van der Waals surface area contributed by atoms with Crippen molar-refractivity contribution in [1.82, 2.24) is 19.6 Å². The molecule has 0 saturated carbocycles. The quantitative estimate of drug-likeness (QED) is 0.626. The van der Waals surface area contributed by atoms with Crippen molar-refractivity contribution in [2.75, 3.05) is 5.32 Å². The van der Waals surface area contributed by atoms with Crippen LogP contribution in [0.4, 0.5) is 19.0 Å². The number of fused-ring (bicyclic) bond motifs is 1. The maximum Gasteiger partial charge on any atom is 0.286 e. The fourth-order valence-corrected chi connectivity index (χ4v) is 3.11. The Hall–Kier alpha value is -1.54. The fourth-order valence-electron chi connectivity index (χ4n) is 3.11. The van der Waals surface area contributed by atoms with Crippen LogP contribution < -0.4 is 5.32 Å². The molecule has 135 valence electrons. The first-order chi connectivity index (χ1) is 11.7. The molecule has 5 nitrogen and oxygen atoms in total. The van der Waals surface area contributed by atoms with Gasteiger partial charge in [0, 0.05) is 38.3 Å². The summed E-state index contributed by atoms with van der Waals surface area (Å²) in [5, 5.41) is 6.38. The monoisotopic (exact) mass is 437 g/mol. The van der Waals surface area contributed by atoms with Gasteiger partial charge in [0.05, 0.1) is 5.69 Å². The first kappa shape index (κ1) is 20.8. The first-order valence-electron chi connectivity index (χ1n) is 7.63. The Morgan fingerprint density at radius 3 is 2.23 bits per heavy atom. The molecular formula is C17H17F3N5Y-. The summed E-state index contributed by atoms with van der Waals surface area (Å²) >= 11 is 0. The minimum Gasteiger partial charge on any atom is -0.511 e. The summed E-state index contributed by atoms with van der Waals surface area (Å²) in [6.07, 6.45) is -3.21. The van der Waals surface area contributed by atoms with Crippen molar-refractivity contribution >= 4 is 11.6 Å². The van der Waals surface area contributed by atoms with Gasteiger partial charge in [-0.1, -0.05) is 17.7 Å². The zero-order chi connectivity index (χ0) is 18.4. The van der Waals surface area contributed by atoms with Gasteiger partial charge in [0.2, 0.25) is 0 Å². The molecule has 3 aromatic rings. The fraction of sp³-hybridized carbons (Fsp3) is 0.294. The van der Waals surface area contributed by atoms with Crippen LogP contribution in [0.5, 0.6) is 0 Å². The molecule has 2 heterocycles. The topological polar surface area (TPSA) is 55.1 Å². The number of benzene rings is 1. The largest absolute Gasteiger partial charge is 0.511 e. The number of anilines is 1. The van der Waals surface area contributed by atoms with Gasteiger partial charge in [-0.2, -0.15) is 14.6 Å². The van der Waals surface area contributed by atoms with Gasteiger partial charge in [0.25, 0.3) is 12.0 Å². The Bertz CT molecular complexity index is 926. The molecule has 0 aliphatic rings. The summed E-state index contributed by atoms with van der Waals surface area (Å²) in [4.78, 5) is 8.36. The van der Waals surface area contributed by atoms with Gasteiger partial charge in [-0.3, -0.25) is 0 Å². The number of aryl methyl sites for hydroxylation is 4. The molecule has 1 radical (unpaired) electrons. The third kappa shape index (κ3) is 4.06. The molecule has 0 aliphatic carbocycles. The van der Waals surface area contributed by atoms with Gasteiger partial charge in [-0.25, -0.2) is 18.2 Å². The van der Waals surface area contributed by atoms with E-state index < -0.39 is 6.18 Å². The van der Waals surface area contributed by atoms with E-state index in [1.807, 2.05) is 32.9 Å². The summed E-state index contributed by atoms with van der Waals surface area (Å²) in [7, 11) is 0. The van der Waals surface area contributed by atoms with Crippen molar-refractivity contribution in [1.29, 1.82) is 0 Å². The average molecular weight is 437 g/mol. The summed E-state index contributed by atoms with van der Waals surface area (Å²) in [6.45, 7) is 7.67. The van der Waals surface area contributed by atoms with E-state index in [9.17, 15) is 13.2 Å². The Morgan fingerprint density at radius 1 is 1.04 bits per heavy atom. The third-order valence-corrected chi connectivity index (χ3v) is 3.91. The molecule has 1 aromatic carbocycles. The summed E-state index contributed by atoms with van der Waals surface area (Å²) in [6, 6.07) is 3.98. The van der Waals surface area contributed by atoms with Gasteiger partial charge >= 0.3 is 0 Å². The molecule has 0 bridgehead atoms. The van der Waals surface area contributed by atoms with Crippen molar-refractivity contribution in [3.05, 3.63) is 47.4 Å². The van der Waals surface area contributed by atoms with Crippen molar-refractivity contribution in [2.24, 2.45) is 0 Å². The van der Waals surface area contributed by atoms with E-state index >= 15 is 0 Å². The second-order valence-corrected chi connectivity index (χ2v) is 6.00. The summed E-state index contributed by atoms with van der Waals surface area (Å²) in [5.41, 5.74) is 4.99. The molecule has 2 aromatic heterocycles. The zero-order valence-electron chi connectivity index (χ0n) is 14.8. The normalized spacial score (nSPS) is 11.5. The maximum atomic E-state index is 12.7. The van der Waals surface area contributed by atoms with Gasteiger partial charge in [-0.05, 0) is 44.4 Å². The molecule has 0 spiro atoms. The number of alkyl halides is 3.